The Kier molecular flexibility index (Phi) is 3.03. The van der Waals surface area contributed by atoms with Gasteiger partial charge < -0.3 is 0 Å². The predicted octanol–water partition coefficient (Wildman–Crippen LogP) is 2.96. The first-order valence-electron chi connectivity index (χ1n) is 5.18. The summed E-state index contributed by atoms with van der Waals surface area (Å²) >= 11 is 0. The van der Waals surface area contributed by atoms with E-state index in [1.807, 2.05) is 13.9 Å². The van der Waals surface area contributed by atoms with E-state index in [1.54, 1.807) is 0 Å². The average Bonchev–Trinajstić information content (AvgIpc) is 2.32. The molecule has 0 aliphatic rings. The maximum Gasteiger partial charge on any atom is 0.129 e. The molecule has 0 aliphatic carbocycles. The molecule has 0 atom stereocenters. The molecule has 15 heavy (non-hydrogen) atoms. The summed E-state index contributed by atoms with van der Waals surface area (Å²) in [5, 5.41) is 0. The van der Waals surface area contributed by atoms with Gasteiger partial charge in [-0.15, -0.1) is 5.98 Å². The zero-order chi connectivity index (χ0) is 10.5. The van der Waals surface area contributed by atoms with E-state index in [9.17, 15) is 0 Å². The molecule has 0 nitrogen and oxygen atoms in total. The van der Waals surface area contributed by atoms with E-state index in [0.29, 0.717) is 0 Å². The second-order valence-corrected chi connectivity index (χ2v) is 3.49. The van der Waals surface area contributed by atoms with E-state index < -0.39 is 0 Å². The van der Waals surface area contributed by atoms with Crippen molar-refractivity contribution in [2.75, 3.05) is 0 Å². The minimum absolute atomic E-state index is 1.25. The smallest absolute Gasteiger partial charge is 0.123 e. The van der Waals surface area contributed by atoms with Crippen LogP contribution in [0.1, 0.15) is 5.56 Å². The van der Waals surface area contributed by atoms with Crippen molar-refractivity contribution in [1.29, 1.82) is 0 Å². The fraction of sp³-hybridized carbons (Fsp3) is 0. The molecule has 2 aromatic rings. The molecule has 2 rings (SSSR count). The van der Waals surface area contributed by atoms with Crippen molar-refractivity contribution in [3.05, 3.63) is 66.1 Å². The molecule has 0 heterocycles. The third kappa shape index (κ3) is 2.38. The zero-order valence-electron chi connectivity index (χ0n) is 8.85. The molecule has 1 heteroatoms. The van der Waals surface area contributed by atoms with Crippen molar-refractivity contribution in [3.8, 4) is 11.1 Å². The highest BCUT2D eigenvalue weighted by atomic mass is 14.0. The number of rotatable bonds is 2. The predicted molar refractivity (Wildman–Crippen MR) is 69.5 cm³/mol. The van der Waals surface area contributed by atoms with Gasteiger partial charge in [0.1, 0.15) is 7.85 Å². The summed E-state index contributed by atoms with van der Waals surface area (Å²) in [6.45, 7) is 0. The van der Waals surface area contributed by atoms with Crippen molar-refractivity contribution in [3.63, 3.8) is 0 Å². The van der Waals surface area contributed by atoms with Gasteiger partial charge in [-0.1, -0.05) is 60.7 Å². The van der Waals surface area contributed by atoms with E-state index in [2.05, 4.69) is 60.6 Å². The van der Waals surface area contributed by atoms with Crippen LogP contribution in [-0.2, 0) is 0 Å². The summed E-state index contributed by atoms with van der Waals surface area (Å²) in [4.78, 5) is 0. The van der Waals surface area contributed by atoms with Gasteiger partial charge in [-0.3, -0.25) is 0 Å². The fourth-order valence-corrected chi connectivity index (χ4v) is 1.61. The molecular formula is C14H13B. The highest BCUT2D eigenvalue weighted by Crippen LogP contribution is 2.19. The topological polar surface area (TPSA) is 0 Å². The molecule has 72 valence electrons. The van der Waals surface area contributed by atoms with Gasteiger partial charge in [0, 0.05) is 0 Å². The first-order valence-corrected chi connectivity index (χ1v) is 5.18. The highest BCUT2D eigenvalue weighted by molar-refractivity contribution is 6.19. The molecular weight excluding hydrogens is 179 g/mol. The van der Waals surface area contributed by atoms with Crippen LogP contribution in [-0.4, -0.2) is 7.85 Å². The number of benzene rings is 2. The van der Waals surface area contributed by atoms with Gasteiger partial charge in [0.05, 0.1) is 0 Å². The lowest BCUT2D eigenvalue weighted by Gasteiger charge is -2.01. The summed E-state index contributed by atoms with van der Waals surface area (Å²) in [5.74, 6) is 2.05. The lowest BCUT2D eigenvalue weighted by molar-refractivity contribution is 1.60. The van der Waals surface area contributed by atoms with E-state index in [0.717, 1.165) is 0 Å². The Labute approximate surface area is 91.7 Å². The minimum Gasteiger partial charge on any atom is -0.123 e. The molecule has 0 aromatic heterocycles. The van der Waals surface area contributed by atoms with E-state index in [4.69, 9.17) is 0 Å². The Bertz CT molecular complexity index is 441. The third-order valence-corrected chi connectivity index (χ3v) is 2.38. The van der Waals surface area contributed by atoms with Crippen LogP contribution < -0.4 is 0 Å². The first-order chi connectivity index (χ1) is 7.40. The monoisotopic (exact) mass is 192 g/mol. The van der Waals surface area contributed by atoms with Crippen LogP contribution in [0.2, 0.25) is 0 Å². The van der Waals surface area contributed by atoms with Crippen molar-refractivity contribution in [1.82, 2.24) is 0 Å². The second-order valence-electron chi connectivity index (χ2n) is 3.49. The highest BCUT2D eigenvalue weighted by Gasteiger charge is 1.94. The van der Waals surface area contributed by atoms with Crippen molar-refractivity contribution >= 4 is 13.9 Å². The number of hydrogen-bond acceptors (Lipinski definition) is 0. The van der Waals surface area contributed by atoms with Crippen LogP contribution >= 0.6 is 0 Å². The maximum absolute atomic E-state index is 2.16. The molecule has 0 saturated carbocycles. The molecule has 0 unspecified atom stereocenters. The molecule has 0 N–H and O–H groups in total. The van der Waals surface area contributed by atoms with Gasteiger partial charge in [-0.2, -0.15) is 0 Å². The summed E-state index contributed by atoms with van der Waals surface area (Å²) in [6, 6.07) is 19.0. The summed E-state index contributed by atoms with van der Waals surface area (Å²) in [5.41, 5.74) is 3.78. The van der Waals surface area contributed by atoms with Gasteiger partial charge in [-0.05, 0) is 16.7 Å². The molecule has 0 saturated heterocycles. The Morgan fingerprint density at radius 1 is 0.733 bits per heavy atom. The summed E-state index contributed by atoms with van der Waals surface area (Å²) in [6.07, 6.45) is 2.11. The van der Waals surface area contributed by atoms with E-state index in [-0.39, 0.29) is 0 Å². The average molecular weight is 192 g/mol. The van der Waals surface area contributed by atoms with Crippen LogP contribution in [0, 0.1) is 0 Å². The summed E-state index contributed by atoms with van der Waals surface area (Å²) < 4.78 is 0. The Morgan fingerprint density at radius 3 is 1.93 bits per heavy atom. The van der Waals surface area contributed by atoms with Gasteiger partial charge in [0.2, 0.25) is 0 Å². The lowest BCUT2D eigenvalue weighted by Crippen LogP contribution is -1.77. The molecule has 0 radical (unpaired) electrons. The van der Waals surface area contributed by atoms with Gasteiger partial charge in [0.15, 0.2) is 0 Å². The standard InChI is InChI=1S/C14H13B/c15-11-10-12-6-8-14(9-7-12)13-4-2-1-3-5-13/h1-11H,15H2/b11-10+. The van der Waals surface area contributed by atoms with Crippen molar-refractivity contribution in [2.45, 2.75) is 0 Å². The molecule has 0 spiro atoms. The van der Waals surface area contributed by atoms with Crippen molar-refractivity contribution < 1.29 is 0 Å². The Hall–Kier alpha value is -1.76. The van der Waals surface area contributed by atoms with E-state index >= 15 is 0 Å². The normalized spacial score (nSPS) is 10.7. The minimum atomic E-state index is 1.25. The SMILES string of the molecule is B/C=C/c1ccc(-c2ccccc2)cc1. The second kappa shape index (κ2) is 4.65. The first kappa shape index (κ1) is 9.79. The van der Waals surface area contributed by atoms with Crippen LogP contribution in [0.15, 0.2) is 60.6 Å². The van der Waals surface area contributed by atoms with Gasteiger partial charge in [-0.25, -0.2) is 0 Å². The quantitative estimate of drug-likeness (QED) is 0.641. The third-order valence-electron chi connectivity index (χ3n) is 2.38. The van der Waals surface area contributed by atoms with E-state index in [1.165, 1.54) is 16.7 Å². The fourth-order valence-electron chi connectivity index (χ4n) is 1.61. The maximum atomic E-state index is 2.16. The molecule has 0 amide bonds. The number of hydrogen-bond donors (Lipinski definition) is 0. The largest absolute Gasteiger partial charge is 0.129 e. The van der Waals surface area contributed by atoms with Gasteiger partial charge in [0.25, 0.3) is 0 Å². The molecule has 2 aromatic carbocycles. The Balaban J connectivity index is 2.32. The van der Waals surface area contributed by atoms with Crippen LogP contribution in [0.25, 0.3) is 17.2 Å². The van der Waals surface area contributed by atoms with Crippen molar-refractivity contribution in [2.24, 2.45) is 0 Å². The summed E-state index contributed by atoms with van der Waals surface area (Å²) in [7, 11) is 2.03. The zero-order valence-corrected chi connectivity index (χ0v) is 8.85. The van der Waals surface area contributed by atoms with Crippen LogP contribution in [0.3, 0.4) is 0 Å². The van der Waals surface area contributed by atoms with Crippen LogP contribution in [0.5, 0.6) is 0 Å². The Morgan fingerprint density at radius 2 is 1.33 bits per heavy atom. The molecule has 0 fully saturated rings. The van der Waals surface area contributed by atoms with Crippen LogP contribution in [0.4, 0.5) is 0 Å². The molecule has 0 aliphatic heterocycles. The van der Waals surface area contributed by atoms with Gasteiger partial charge >= 0.3 is 0 Å². The molecule has 0 bridgehead atoms. The lowest BCUT2D eigenvalue weighted by atomic mass is 10.0.